The minimum atomic E-state index is -0.630. The van der Waals surface area contributed by atoms with Gasteiger partial charge in [-0.05, 0) is 18.2 Å². The van der Waals surface area contributed by atoms with Gasteiger partial charge >= 0.3 is 0 Å². The highest BCUT2D eigenvalue weighted by molar-refractivity contribution is 6.33. The predicted molar refractivity (Wildman–Crippen MR) is 122 cm³/mol. The van der Waals surface area contributed by atoms with Gasteiger partial charge in [0.1, 0.15) is 18.3 Å². The van der Waals surface area contributed by atoms with Gasteiger partial charge in [-0.2, -0.15) is 10.1 Å². The highest BCUT2D eigenvalue weighted by Crippen LogP contribution is 2.32. The normalized spacial score (nSPS) is 25.7. The highest BCUT2D eigenvalue weighted by Gasteiger charge is 2.48. The van der Waals surface area contributed by atoms with Crippen LogP contribution in [0.5, 0.6) is 6.01 Å². The number of aromatic amines is 1. The van der Waals surface area contributed by atoms with Crippen LogP contribution in [0.25, 0.3) is 28.1 Å². The summed E-state index contributed by atoms with van der Waals surface area (Å²) in [6, 6.07) is 10.1. The zero-order valence-electron chi connectivity index (χ0n) is 17.9. The third-order valence-corrected chi connectivity index (χ3v) is 6.89. The number of hydrogen-bond donors (Lipinski definition) is 3. The van der Waals surface area contributed by atoms with Crippen molar-refractivity contribution in [3.05, 3.63) is 52.8 Å². The molecule has 34 heavy (non-hydrogen) atoms. The Labute approximate surface area is 198 Å². The molecule has 2 saturated heterocycles. The summed E-state index contributed by atoms with van der Waals surface area (Å²) in [5.74, 6) is 0. The first-order valence-electron chi connectivity index (χ1n) is 11.2. The Kier molecular flexibility index (Phi) is 4.64. The maximum Gasteiger partial charge on any atom is 0.296 e. The molecule has 3 aliphatic rings. The van der Waals surface area contributed by atoms with Crippen molar-refractivity contribution in [1.82, 2.24) is 30.0 Å². The lowest BCUT2D eigenvalue weighted by atomic mass is 10.1. The van der Waals surface area contributed by atoms with Gasteiger partial charge in [-0.25, -0.2) is 9.67 Å². The van der Waals surface area contributed by atoms with Crippen LogP contribution < -0.4 is 10.1 Å². The summed E-state index contributed by atoms with van der Waals surface area (Å²) in [4.78, 5) is 12.3. The fourth-order valence-corrected chi connectivity index (χ4v) is 5.15. The molecule has 10 nitrogen and oxygen atoms in total. The first kappa shape index (κ1) is 20.4. The molecule has 0 aliphatic carbocycles. The number of aliphatic hydroxyl groups excluding tert-OH is 1. The lowest BCUT2D eigenvalue weighted by molar-refractivity contribution is 0.00706. The first-order chi connectivity index (χ1) is 16.6. The molecule has 1 aromatic carbocycles. The topological polar surface area (TPSA) is 119 Å². The molecule has 1 unspecified atom stereocenters. The Morgan fingerprint density at radius 3 is 2.82 bits per heavy atom. The van der Waals surface area contributed by atoms with Crippen LogP contribution in [0.1, 0.15) is 11.3 Å². The van der Waals surface area contributed by atoms with Crippen LogP contribution in [0.15, 0.2) is 36.5 Å². The van der Waals surface area contributed by atoms with E-state index in [0.717, 1.165) is 24.3 Å². The number of rotatable bonds is 4. The smallest absolute Gasteiger partial charge is 0.296 e. The maximum atomic E-state index is 9.92. The minimum absolute atomic E-state index is 0.244. The van der Waals surface area contributed by atoms with Crippen molar-refractivity contribution >= 4 is 22.8 Å². The summed E-state index contributed by atoms with van der Waals surface area (Å²) in [5.41, 5.74) is 6.08. The zero-order valence-corrected chi connectivity index (χ0v) is 18.7. The van der Waals surface area contributed by atoms with E-state index in [1.165, 1.54) is 11.3 Å². The molecule has 0 saturated carbocycles. The van der Waals surface area contributed by atoms with Crippen LogP contribution in [0.4, 0.5) is 0 Å². The van der Waals surface area contributed by atoms with Gasteiger partial charge in [0.05, 0.1) is 47.0 Å². The van der Waals surface area contributed by atoms with E-state index in [1.54, 1.807) is 6.07 Å². The van der Waals surface area contributed by atoms with Crippen molar-refractivity contribution in [2.45, 2.75) is 37.5 Å². The molecule has 11 heteroatoms. The molecule has 0 amide bonds. The molecule has 3 aromatic heterocycles. The molecular weight excluding hydrogens is 460 g/mol. The lowest BCUT2D eigenvalue weighted by Gasteiger charge is -2.15. The molecule has 2 fully saturated rings. The van der Waals surface area contributed by atoms with E-state index in [2.05, 4.69) is 25.4 Å². The third-order valence-electron chi connectivity index (χ3n) is 6.60. The maximum absolute atomic E-state index is 9.92. The number of ether oxygens (including phenoxy) is 3. The van der Waals surface area contributed by atoms with E-state index < -0.39 is 6.10 Å². The highest BCUT2D eigenvalue weighted by atomic mass is 35.5. The number of halogens is 1. The average Bonchev–Trinajstić information content (AvgIpc) is 3.63. The SMILES string of the molecule is O[C@@H]1CO[C@H]2C1OC[C@H]2Oc1nc2nc(-c3ccc(-n4ncc5c4CNC5)cc3)c(Cl)cc2[nH]1. The van der Waals surface area contributed by atoms with Gasteiger partial charge in [0.2, 0.25) is 0 Å². The number of nitrogens with one attached hydrogen (secondary N) is 2. The van der Waals surface area contributed by atoms with E-state index >= 15 is 0 Å². The summed E-state index contributed by atoms with van der Waals surface area (Å²) in [7, 11) is 0. The Hall–Kier alpha value is -3.02. The monoisotopic (exact) mass is 480 g/mol. The average molecular weight is 481 g/mol. The van der Waals surface area contributed by atoms with Crippen LogP contribution in [0.3, 0.4) is 0 Å². The van der Waals surface area contributed by atoms with Crippen LogP contribution in [-0.4, -0.2) is 67.5 Å². The molecular formula is C23H21ClN6O4. The second-order valence-electron chi connectivity index (χ2n) is 8.73. The van der Waals surface area contributed by atoms with Crippen molar-refractivity contribution in [2.75, 3.05) is 13.2 Å². The van der Waals surface area contributed by atoms with Crippen LogP contribution in [0.2, 0.25) is 5.02 Å². The Bertz CT molecular complexity index is 1390. The zero-order chi connectivity index (χ0) is 22.8. The summed E-state index contributed by atoms with van der Waals surface area (Å²) < 4.78 is 19.2. The van der Waals surface area contributed by atoms with Crippen molar-refractivity contribution in [1.29, 1.82) is 0 Å². The van der Waals surface area contributed by atoms with E-state index in [4.69, 9.17) is 25.8 Å². The van der Waals surface area contributed by atoms with Gasteiger partial charge in [0, 0.05) is 24.2 Å². The summed E-state index contributed by atoms with van der Waals surface area (Å²) >= 11 is 6.58. The Morgan fingerprint density at radius 1 is 1.09 bits per heavy atom. The number of imidazole rings is 1. The molecule has 4 aromatic rings. The quantitative estimate of drug-likeness (QED) is 0.405. The Balaban J connectivity index is 1.15. The van der Waals surface area contributed by atoms with Gasteiger partial charge in [-0.3, -0.25) is 0 Å². The second-order valence-corrected chi connectivity index (χ2v) is 9.14. The predicted octanol–water partition coefficient (Wildman–Crippen LogP) is 1.97. The van der Waals surface area contributed by atoms with Crippen LogP contribution in [0, 0.1) is 0 Å². The van der Waals surface area contributed by atoms with E-state index in [-0.39, 0.29) is 24.9 Å². The number of aliphatic hydroxyl groups is 1. The van der Waals surface area contributed by atoms with Crippen molar-refractivity contribution in [3.8, 4) is 23.0 Å². The summed E-state index contributed by atoms with van der Waals surface area (Å²) in [6.07, 6.45) is 0.237. The number of pyridine rings is 1. The lowest BCUT2D eigenvalue weighted by Crippen LogP contribution is -2.34. The molecule has 4 atom stereocenters. The largest absolute Gasteiger partial charge is 0.456 e. The van der Waals surface area contributed by atoms with E-state index in [1.807, 2.05) is 35.1 Å². The fourth-order valence-electron chi connectivity index (χ4n) is 4.88. The Morgan fingerprint density at radius 2 is 1.94 bits per heavy atom. The van der Waals surface area contributed by atoms with E-state index in [0.29, 0.717) is 34.5 Å². The number of benzene rings is 1. The number of nitrogens with zero attached hydrogens (tertiary/aromatic N) is 4. The first-order valence-corrected chi connectivity index (χ1v) is 11.5. The molecule has 0 radical (unpaired) electrons. The molecule has 3 aliphatic heterocycles. The van der Waals surface area contributed by atoms with Gasteiger partial charge in [-0.15, -0.1) is 0 Å². The van der Waals surface area contributed by atoms with Crippen molar-refractivity contribution in [3.63, 3.8) is 0 Å². The van der Waals surface area contributed by atoms with Gasteiger partial charge in [0.15, 0.2) is 11.8 Å². The van der Waals surface area contributed by atoms with Crippen LogP contribution >= 0.6 is 11.6 Å². The summed E-state index contributed by atoms with van der Waals surface area (Å²) in [5, 5.41) is 18.3. The van der Waals surface area contributed by atoms with Gasteiger partial charge < -0.3 is 29.6 Å². The standard InChI is InChI=1S/C23H21ClN6O4/c24-14-5-15-22(29-23(27-15)34-18-10-33-20-17(31)9-32-21(18)20)28-19(14)11-1-3-13(4-2-11)30-16-8-25-6-12(16)7-26-30/h1-5,7,17-18,20-21,25,31H,6,8-10H2,(H,27,28,29)/t17-,18-,20?,21-/m1/s1. The molecule has 7 rings (SSSR count). The van der Waals surface area contributed by atoms with Gasteiger partial charge in [0.25, 0.3) is 6.01 Å². The van der Waals surface area contributed by atoms with Gasteiger partial charge in [-0.1, -0.05) is 23.7 Å². The summed E-state index contributed by atoms with van der Waals surface area (Å²) in [6.45, 7) is 2.23. The molecule has 6 heterocycles. The third kappa shape index (κ3) is 3.22. The minimum Gasteiger partial charge on any atom is -0.456 e. The molecule has 0 spiro atoms. The van der Waals surface area contributed by atoms with Crippen molar-refractivity contribution < 1.29 is 19.3 Å². The van der Waals surface area contributed by atoms with Crippen LogP contribution in [-0.2, 0) is 22.6 Å². The van der Waals surface area contributed by atoms with Crippen molar-refractivity contribution in [2.24, 2.45) is 0 Å². The fraction of sp³-hybridized carbons (Fsp3) is 0.348. The molecule has 3 N–H and O–H groups in total. The number of hydrogen-bond acceptors (Lipinski definition) is 8. The molecule has 174 valence electrons. The number of H-pyrrole nitrogens is 1. The van der Waals surface area contributed by atoms with E-state index in [9.17, 15) is 5.11 Å². The number of fused-ring (bicyclic) bond motifs is 3. The number of aromatic nitrogens is 5. The second kappa shape index (κ2) is 7.76. The molecule has 0 bridgehead atoms.